The maximum absolute atomic E-state index is 12.9. The number of benzene rings is 1. The lowest BCUT2D eigenvalue weighted by molar-refractivity contribution is 0.0770. The van der Waals surface area contributed by atoms with Crippen LogP contribution in [0, 0.1) is 12.3 Å². The molecular weight excluding hydrogens is 382 g/mol. The number of carbonyl (C=O) groups excluding carboxylic acids is 1. The molecule has 1 amide bonds. The van der Waals surface area contributed by atoms with Crippen molar-refractivity contribution in [3.05, 3.63) is 35.7 Å². The highest BCUT2D eigenvalue weighted by molar-refractivity contribution is 5.93. The number of rotatable bonds is 7. The number of aryl methyl sites for hydroxylation is 1. The summed E-state index contributed by atoms with van der Waals surface area (Å²) in [5.74, 6) is 0.657. The molecule has 3 rings (SSSR count). The molecule has 0 saturated carbocycles. The first kappa shape index (κ1) is 22.1. The molecule has 1 aromatic heterocycles. The minimum Gasteiger partial charge on any atom is -0.491 e. The van der Waals surface area contributed by atoms with Crippen molar-refractivity contribution < 1.29 is 14.3 Å². The summed E-state index contributed by atoms with van der Waals surface area (Å²) in [6, 6.07) is 7.41. The lowest BCUT2D eigenvalue weighted by atomic mass is 9.90. The Bertz CT molecular complexity index is 795. The van der Waals surface area contributed by atoms with E-state index in [4.69, 9.17) is 15.2 Å². The summed E-state index contributed by atoms with van der Waals surface area (Å²) in [6.45, 7) is 6.87. The van der Waals surface area contributed by atoms with Crippen LogP contribution in [0.5, 0.6) is 5.75 Å². The van der Waals surface area contributed by atoms with Gasteiger partial charge in [0.15, 0.2) is 5.69 Å². The fourth-order valence-corrected chi connectivity index (χ4v) is 3.12. The Morgan fingerprint density at radius 1 is 1.25 bits per heavy atom. The van der Waals surface area contributed by atoms with E-state index in [0.717, 1.165) is 17.9 Å². The first-order valence-electron chi connectivity index (χ1n) is 9.11. The Morgan fingerprint density at radius 2 is 1.96 bits per heavy atom. The fourth-order valence-electron chi connectivity index (χ4n) is 3.12. The summed E-state index contributed by atoms with van der Waals surface area (Å²) < 4.78 is 10.5. The molecule has 2 heterocycles. The maximum Gasteiger partial charge on any atom is 0.276 e. The SMILES string of the molecule is COCCOc1ccc(-n2nc(C)c(C(=O)N3CCC(C)(CN)C3)n2)cc1.Cl. The average molecular weight is 410 g/mol. The molecule has 1 aliphatic heterocycles. The van der Waals surface area contributed by atoms with Crippen LogP contribution in [0.25, 0.3) is 5.69 Å². The number of ether oxygens (including phenoxy) is 2. The summed E-state index contributed by atoms with van der Waals surface area (Å²) >= 11 is 0. The number of aromatic nitrogens is 3. The van der Waals surface area contributed by atoms with E-state index in [0.29, 0.717) is 44.2 Å². The monoisotopic (exact) mass is 409 g/mol. The van der Waals surface area contributed by atoms with Gasteiger partial charge in [0, 0.05) is 20.2 Å². The van der Waals surface area contributed by atoms with Crippen LogP contribution < -0.4 is 10.5 Å². The van der Waals surface area contributed by atoms with E-state index in [-0.39, 0.29) is 23.7 Å². The minimum absolute atomic E-state index is 0. The Morgan fingerprint density at radius 3 is 2.57 bits per heavy atom. The molecule has 0 bridgehead atoms. The van der Waals surface area contributed by atoms with Gasteiger partial charge >= 0.3 is 0 Å². The highest BCUT2D eigenvalue weighted by Gasteiger charge is 2.36. The van der Waals surface area contributed by atoms with Crippen molar-refractivity contribution in [2.45, 2.75) is 20.3 Å². The molecule has 1 aromatic carbocycles. The molecule has 0 aliphatic carbocycles. The van der Waals surface area contributed by atoms with Crippen LogP contribution in [-0.2, 0) is 4.74 Å². The summed E-state index contributed by atoms with van der Waals surface area (Å²) in [5, 5.41) is 8.83. The third-order valence-electron chi connectivity index (χ3n) is 4.95. The quantitative estimate of drug-likeness (QED) is 0.701. The van der Waals surface area contributed by atoms with Crippen LogP contribution in [0.3, 0.4) is 0 Å². The lowest BCUT2D eigenvalue weighted by Gasteiger charge is -2.22. The number of likely N-dealkylation sites (tertiary alicyclic amines) is 1. The van der Waals surface area contributed by atoms with E-state index in [1.54, 1.807) is 14.0 Å². The Labute approximate surface area is 171 Å². The number of methoxy groups -OCH3 is 1. The van der Waals surface area contributed by atoms with Crippen LogP contribution in [0.1, 0.15) is 29.5 Å². The van der Waals surface area contributed by atoms with Crippen molar-refractivity contribution in [2.75, 3.05) is 40.0 Å². The van der Waals surface area contributed by atoms with Crippen LogP contribution in [-0.4, -0.2) is 65.8 Å². The predicted molar refractivity (Wildman–Crippen MR) is 108 cm³/mol. The average Bonchev–Trinajstić information content (AvgIpc) is 3.26. The topological polar surface area (TPSA) is 95.5 Å². The van der Waals surface area contributed by atoms with Crippen molar-refractivity contribution in [2.24, 2.45) is 11.1 Å². The summed E-state index contributed by atoms with van der Waals surface area (Å²) in [5.41, 5.74) is 7.59. The molecule has 8 nitrogen and oxygen atoms in total. The van der Waals surface area contributed by atoms with E-state index in [1.165, 1.54) is 4.80 Å². The second-order valence-corrected chi connectivity index (χ2v) is 7.25. The number of hydrogen-bond acceptors (Lipinski definition) is 6. The van der Waals surface area contributed by atoms with E-state index >= 15 is 0 Å². The Hall–Kier alpha value is -2.16. The van der Waals surface area contributed by atoms with Gasteiger partial charge in [0.05, 0.1) is 18.0 Å². The molecular formula is C19H28ClN5O3. The standard InChI is InChI=1S/C19H27N5O3.ClH/c1-14-17(18(25)23-9-8-19(2,12-20)13-23)22-24(21-14)15-4-6-16(7-5-15)27-11-10-26-3;/h4-7H,8-13,20H2,1-3H3;1H. The van der Waals surface area contributed by atoms with Gasteiger partial charge in [-0.2, -0.15) is 9.90 Å². The van der Waals surface area contributed by atoms with Crippen molar-refractivity contribution in [3.63, 3.8) is 0 Å². The van der Waals surface area contributed by atoms with Gasteiger partial charge in [-0.15, -0.1) is 17.5 Å². The highest BCUT2D eigenvalue weighted by atomic mass is 35.5. The van der Waals surface area contributed by atoms with Gasteiger partial charge in [-0.05, 0) is 49.6 Å². The molecule has 2 aromatic rings. The summed E-state index contributed by atoms with van der Waals surface area (Å²) in [6.07, 6.45) is 0.910. The molecule has 1 fully saturated rings. The summed E-state index contributed by atoms with van der Waals surface area (Å²) in [4.78, 5) is 16.2. The fraction of sp³-hybridized carbons (Fsp3) is 0.526. The van der Waals surface area contributed by atoms with E-state index in [9.17, 15) is 4.79 Å². The first-order chi connectivity index (χ1) is 13.0. The number of amides is 1. The number of halogens is 1. The van der Waals surface area contributed by atoms with Gasteiger partial charge in [-0.3, -0.25) is 4.79 Å². The van der Waals surface area contributed by atoms with Crippen LogP contribution in [0.15, 0.2) is 24.3 Å². The molecule has 0 spiro atoms. The molecule has 1 atom stereocenters. The van der Waals surface area contributed by atoms with E-state index < -0.39 is 0 Å². The van der Waals surface area contributed by atoms with E-state index in [1.807, 2.05) is 29.2 Å². The molecule has 0 radical (unpaired) electrons. The zero-order valence-corrected chi connectivity index (χ0v) is 17.4. The first-order valence-corrected chi connectivity index (χ1v) is 9.11. The number of nitrogens with two attached hydrogens (primary N) is 1. The lowest BCUT2D eigenvalue weighted by Crippen LogP contribution is -2.35. The third-order valence-corrected chi connectivity index (χ3v) is 4.95. The summed E-state index contributed by atoms with van der Waals surface area (Å²) in [7, 11) is 1.63. The molecule has 1 unspecified atom stereocenters. The molecule has 28 heavy (non-hydrogen) atoms. The largest absolute Gasteiger partial charge is 0.491 e. The van der Waals surface area contributed by atoms with Crippen molar-refractivity contribution in [1.29, 1.82) is 0 Å². The smallest absolute Gasteiger partial charge is 0.276 e. The van der Waals surface area contributed by atoms with Gasteiger partial charge < -0.3 is 20.1 Å². The van der Waals surface area contributed by atoms with Gasteiger partial charge in [0.25, 0.3) is 5.91 Å². The van der Waals surface area contributed by atoms with Crippen LogP contribution in [0.2, 0.25) is 0 Å². The van der Waals surface area contributed by atoms with Crippen LogP contribution >= 0.6 is 12.4 Å². The predicted octanol–water partition coefficient (Wildman–Crippen LogP) is 1.83. The van der Waals surface area contributed by atoms with Crippen molar-refractivity contribution in [3.8, 4) is 11.4 Å². The van der Waals surface area contributed by atoms with E-state index in [2.05, 4.69) is 17.1 Å². The van der Waals surface area contributed by atoms with Gasteiger partial charge in [-0.25, -0.2) is 0 Å². The maximum atomic E-state index is 12.9. The Kier molecular flexibility index (Phi) is 7.40. The Balaban J connectivity index is 0.00000280. The van der Waals surface area contributed by atoms with Gasteiger partial charge in [-0.1, -0.05) is 6.92 Å². The third kappa shape index (κ3) is 4.81. The molecule has 1 saturated heterocycles. The van der Waals surface area contributed by atoms with Crippen LogP contribution in [0.4, 0.5) is 0 Å². The van der Waals surface area contributed by atoms with Crippen molar-refractivity contribution in [1.82, 2.24) is 19.9 Å². The second-order valence-electron chi connectivity index (χ2n) is 7.25. The molecule has 1 aliphatic rings. The number of nitrogens with zero attached hydrogens (tertiary/aromatic N) is 4. The van der Waals surface area contributed by atoms with Crippen molar-refractivity contribution >= 4 is 18.3 Å². The number of carbonyl (C=O) groups is 1. The second kappa shape index (κ2) is 9.36. The highest BCUT2D eigenvalue weighted by Crippen LogP contribution is 2.29. The number of hydrogen-bond donors (Lipinski definition) is 1. The normalized spacial score (nSPS) is 18.8. The zero-order chi connectivity index (χ0) is 19.4. The van der Waals surface area contributed by atoms with Gasteiger partial charge in [0.2, 0.25) is 0 Å². The van der Waals surface area contributed by atoms with Gasteiger partial charge in [0.1, 0.15) is 12.4 Å². The molecule has 154 valence electrons. The minimum atomic E-state index is -0.0876. The molecule has 9 heteroatoms. The molecule has 2 N–H and O–H groups in total. The zero-order valence-electron chi connectivity index (χ0n) is 16.6.